The standard InChI is InChI=1S/C32H36Cl2N4O7S/c1-21-9-15-27(18-28(21)38(41)42)46(43,44)37(29-17-25(34)14-16-30(29)45-3)20-31(39)36(19-23-10-12-24(33)13-11-23)22(2)32(40)35-26-7-5-4-6-8-26/h9-18,22,26H,4-8,19-20H2,1-3H3,(H,35,40)/t22-/m1/s1. The normalized spacial score (nSPS) is 14.3. The van der Waals surface area contributed by atoms with Crippen LogP contribution in [0, 0.1) is 17.0 Å². The fraction of sp³-hybridized carbons (Fsp3) is 0.375. The van der Waals surface area contributed by atoms with E-state index in [4.69, 9.17) is 27.9 Å². The number of ether oxygens (including phenoxy) is 1. The molecule has 0 bridgehead atoms. The number of halogens is 2. The Hall–Kier alpha value is -3.87. The van der Waals surface area contributed by atoms with Crippen LogP contribution in [0.4, 0.5) is 11.4 Å². The Labute approximate surface area is 278 Å². The first-order valence-electron chi connectivity index (χ1n) is 14.8. The molecule has 0 spiro atoms. The van der Waals surface area contributed by atoms with Gasteiger partial charge >= 0.3 is 0 Å². The van der Waals surface area contributed by atoms with Gasteiger partial charge in [0.15, 0.2) is 0 Å². The summed E-state index contributed by atoms with van der Waals surface area (Å²) in [6.07, 6.45) is 4.78. The Bertz CT molecular complexity index is 1700. The average molecular weight is 692 g/mol. The van der Waals surface area contributed by atoms with Crippen molar-refractivity contribution >= 4 is 56.4 Å². The number of rotatable bonds is 12. The summed E-state index contributed by atoms with van der Waals surface area (Å²) in [6.45, 7) is 2.29. The van der Waals surface area contributed by atoms with E-state index in [1.807, 2.05) is 0 Å². The fourth-order valence-electron chi connectivity index (χ4n) is 5.38. The van der Waals surface area contributed by atoms with Gasteiger partial charge in [0.25, 0.3) is 15.7 Å². The van der Waals surface area contributed by atoms with Gasteiger partial charge < -0.3 is 15.0 Å². The number of carbonyl (C=O) groups is 2. The number of aryl methyl sites for hydroxylation is 1. The molecule has 1 aliphatic carbocycles. The van der Waals surface area contributed by atoms with Crippen LogP contribution in [0.1, 0.15) is 50.2 Å². The predicted molar refractivity (Wildman–Crippen MR) is 177 cm³/mol. The van der Waals surface area contributed by atoms with Crippen LogP contribution < -0.4 is 14.4 Å². The van der Waals surface area contributed by atoms with Crippen molar-refractivity contribution in [2.75, 3.05) is 18.0 Å². The van der Waals surface area contributed by atoms with Gasteiger partial charge in [0.05, 0.1) is 22.6 Å². The molecule has 1 N–H and O–H groups in total. The molecule has 2 amide bonds. The maximum Gasteiger partial charge on any atom is 0.273 e. The zero-order chi connectivity index (χ0) is 33.6. The average Bonchev–Trinajstić information content (AvgIpc) is 3.03. The Kier molecular flexibility index (Phi) is 11.5. The number of hydrogen-bond donors (Lipinski definition) is 1. The number of benzene rings is 3. The lowest BCUT2D eigenvalue weighted by Crippen LogP contribution is -2.53. The van der Waals surface area contributed by atoms with Crippen molar-refractivity contribution < 1.29 is 27.7 Å². The summed E-state index contributed by atoms with van der Waals surface area (Å²) < 4.78 is 34.8. The van der Waals surface area contributed by atoms with Gasteiger partial charge in [-0.15, -0.1) is 0 Å². The molecule has 46 heavy (non-hydrogen) atoms. The van der Waals surface area contributed by atoms with Gasteiger partial charge in [0, 0.05) is 34.3 Å². The number of nitrogens with one attached hydrogen (secondary N) is 1. The van der Waals surface area contributed by atoms with Gasteiger partial charge in [-0.1, -0.05) is 60.7 Å². The molecule has 3 aromatic rings. The van der Waals surface area contributed by atoms with Gasteiger partial charge in [0.1, 0.15) is 18.3 Å². The van der Waals surface area contributed by atoms with Crippen LogP contribution in [-0.2, 0) is 26.2 Å². The minimum Gasteiger partial charge on any atom is -0.495 e. The highest BCUT2D eigenvalue weighted by molar-refractivity contribution is 7.92. The van der Waals surface area contributed by atoms with E-state index in [0.29, 0.717) is 10.6 Å². The van der Waals surface area contributed by atoms with Crippen LogP contribution in [0.2, 0.25) is 10.0 Å². The summed E-state index contributed by atoms with van der Waals surface area (Å²) in [7, 11) is -3.29. The third kappa shape index (κ3) is 8.28. The molecule has 11 nitrogen and oxygen atoms in total. The van der Waals surface area contributed by atoms with Crippen LogP contribution >= 0.6 is 23.2 Å². The Morgan fingerprint density at radius 2 is 1.67 bits per heavy atom. The SMILES string of the molecule is COc1ccc(Cl)cc1N(CC(=O)N(Cc1ccc(Cl)cc1)[C@H](C)C(=O)NC1CCCCC1)S(=O)(=O)c1ccc(C)c([N+](=O)[O-])c1. The van der Waals surface area contributed by atoms with Crippen LogP contribution in [0.5, 0.6) is 5.75 Å². The van der Waals surface area contributed by atoms with Crippen molar-refractivity contribution in [3.63, 3.8) is 0 Å². The van der Waals surface area contributed by atoms with Crippen LogP contribution in [0.3, 0.4) is 0 Å². The van der Waals surface area contributed by atoms with Gasteiger partial charge in [-0.05, 0) is 68.7 Å². The quantitative estimate of drug-likeness (QED) is 0.174. The molecule has 0 heterocycles. The van der Waals surface area contributed by atoms with Crippen LogP contribution in [0.15, 0.2) is 65.6 Å². The summed E-state index contributed by atoms with van der Waals surface area (Å²) >= 11 is 12.4. The van der Waals surface area contributed by atoms with Gasteiger partial charge in [0.2, 0.25) is 11.8 Å². The van der Waals surface area contributed by atoms with E-state index in [-0.39, 0.29) is 40.5 Å². The molecule has 3 aromatic carbocycles. The summed E-state index contributed by atoms with van der Waals surface area (Å²) in [5.74, 6) is -0.971. The van der Waals surface area contributed by atoms with Crippen molar-refractivity contribution in [1.29, 1.82) is 0 Å². The molecular weight excluding hydrogens is 655 g/mol. The van der Waals surface area contributed by atoms with E-state index in [1.54, 1.807) is 31.2 Å². The van der Waals surface area contributed by atoms with E-state index < -0.39 is 44.0 Å². The summed E-state index contributed by atoms with van der Waals surface area (Å²) in [4.78, 5) is 39.7. The fourth-order valence-corrected chi connectivity index (χ4v) is 7.11. The maximum atomic E-state index is 14.3. The molecule has 14 heteroatoms. The second-order valence-corrected chi connectivity index (χ2v) is 13.9. The minimum atomic E-state index is -4.63. The molecule has 1 aliphatic rings. The zero-order valence-electron chi connectivity index (χ0n) is 25.7. The number of methoxy groups -OCH3 is 1. The number of nitro benzene ring substituents is 1. The molecule has 1 atom stereocenters. The van der Waals surface area contributed by atoms with Crippen molar-refractivity contribution in [2.45, 2.75) is 69.5 Å². The Balaban J connectivity index is 1.77. The van der Waals surface area contributed by atoms with Crippen LogP contribution in [-0.4, -0.2) is 55.8 Å². The monoisotopic (exact) mass is 690 g/mol. The first kappa shape index (κ1) is 35.0. The first-order valence-corrected chi connectivity index (χ1v) is 17.0. The molecule has 1 fully saturated rings. The number of hydrogen-bond acceptors (Lipinski definition) is 7. The molecule has 1 saturated carbocycles. The third-order valence-corrected chi connectivity index (χ3v) is 10.3. The highest BCUT2D eigenvalue weighted by Gasteiger charge is 2.35. The van der Waals surface area contributed by atoms with Crippen molar-refractivity contribution in [1.82, 2.24) is 10.2 Å². The molecule has 0 unspecified atom stereocenters. The molecule has 4 rings (SSSR count). The van der Waals surface area contributed by atoms with Crippen molar-refractivity contribution in [3.05, 3.63) is 92.0 Å². The largest absolute Gasteiger partial charge is 0.495 e. The molecule has 0 aromatic heterocycles. The molecule has 0 aliphatic heterocycles. The Morgan fingerprint density at radius 3 is 2.30 bits per heavy atom. The van der Waals surface area contributed by atoms with E-state index in [0.717, 1.165) is 42.5 Å². The molecular formula is C32H36Cl2N4O7S. The van der Waals surface area contributed by atoms with Gasteiger partial charge in [-0.25, -0.2) is 8.42 Å². The van der Waals surface area contributed by atoms with Gasteiger partial charge in [-0.2, -0.15) is 0 Å². The number of carbonyl (C=O) groups excluding carboxylic acids is 2. The van der Waals surface area contributed by atoms with Crippen molar-refractivity contribution in [3.8, 4) is 5.75 Å². The zero-order valence-corrected chi connectivity index (χ0v) is 28.1. The molecule has 246 valence electrons. The highest BCUT2D eigenvalue weighted by Crippen LogP contribution is 2.36. The van der Waals surface area contributed by atoms with E-state index in [1.165, 1.54) is 49.3 Å². The third-order valence-electron chi connectivity index (χ3n) is 8.04. The predicted octanol–water partition coefficient (Wildman–Crippen LogP) is 6.28. The molecule has 0 radical (unpaired) electrons. The topological polar surface area (TPSA) is 139 Å². The van der Waals surface area contributed by atoms with Crippen molar-refractivity contribution in [2.24, 2.45) is 0 Å². The summed E-state index contributed by atoms with van der Waals surface area (Å²) in [6, 6.07) is 13.5. The summed E-state index contributed by atoms with van der Waals surface area (Å²) in [5.41, 5.74) is 0.470. The van der Waals surface area contributed by atoms with E-state index >= 15 is 0 Å². The molecule has 0 saturated heterocycles. The lowest BCUT2D eigenvalue weighted by molar-refractivity contribution is -0.385. The maximum absolute atomic E-state index is 14.3. The first-order chi connectivity index (χ1) is 21.8. The number of amides is 2. The lowest BCUT2D eigenvalue weighted by atomic mass is 9.95. The number of anilines is 1. The number of nitro groups is 1. The second-order valence-electron chi connectivity index (χ2n) is 11.2. The smallest absolute Gasteiger partial charge is 0.273 e. The second kappa shape index (κ2) is 15.1. The Morgan fingerprint density at radius 1 is 1.02 bits per heavy atom. The van der Waals surface area contributed by atoms with Gasteiger partial charge in [-0.3, -0.25) is 24.0 Å². The highest BCUT2D eigenvalue weighted by atomic mass is 35.5. The summed E-state index contributed by atoms with van der Waals surface area (Å²) in [5, 5.41) is 15.4. The number of nitrogens with zero attached hydrogens (tertiary/aromatic N) is 3. The number of sulfonamides is 1. The van der Waals surface area contributed by atoms with E-state index in [2.05, 4.69) is 5.32 Å². The van der Waals surface area contributed by atoms with Crippen LogP contribution in [0.25, 0.3) is 0 Å². The van der Waals surface area contributed by atoms with E-state index in [9.17, 15) is 28.1 Å². The minimum absolute atomic E-state index is 0.0129. The lowest BCUT2D eigenvalue weighted by Gasteiger charge is -2.33.